The highest BCUT2D eigenvalue weighted by atomic mass is 16.2. The molecule has 0 aromatic carbocycles. The lowest BCUT2D eigenvalue weighted by molar-refractivity contribution is -0.122. The lowest BCUT2D eigenvalue weighted by Gasteiger charge is -2.12. The summed E-state index contributed by atoms with van der Waals surface area (Å²) in [7, 11) is 0. The van der Waals surface area contributed by atoms with Crippen molar-refractivity contribution in [1.82, 2.24) is 80.7 Å². The van der Waals surface area contributed by atoms with Crippen LogP contribution in [0.1, 0.15) is 461 Å². The minimum atomic E-state index is -0.0468. The highest BCUT2D eigenvalue weighted by molar-refractivity contribution is 5.92. The number of hydrogen-bond acceptors (Lipinski definition) is 23. The first-order valence-electron chi connectivity index (χ1n) is 50.4. The lowest BCUT2D eigenvalue weighted by Crippen LogP contribution is -2.18. The molecule has 25 heteroatoms. The molecule has 2 amide bonds. The minimum Gasteiger partial charge on any atom is -0.328 e. The van der Waals surface area contributed by atoms with Crippen molar-refractivity contribution >= 4 is 52.4 Å². The van der Waals surface area contributed by atoms with Crippen molar-refractivity contribution in [2.45, 2.75) is 419 Å². The standard InChI is InChI=1S/C13H20N2.C12H19N3.4C12H18N2O.2C11H17N3O.8C2H6.CH4/c1-9(2)11(5)8-13-14-7-6-12(15-13)10(3)4;1-8(2)10(5)14-12-13-7-6-11(15-12)9(3)4;1-8(2)10-5-11(14-13-7-10)6-12(15)9(3)4;1-8(2)11-7-13-6-10(14-11)5-12(15)9(3)4;1-8(2)11-5-10(13-7-14-11)6-12(15)9(3)4;1-8(2)11-5-10(7-13-14-11)6-12(15)9(3)4;1-7(2)10-5-9(6-12-14-10)13-11(15)8(3)4;1-7(2)9-5-10(14-12-6-9)13-11(15)8(3)4;8*1-2;/h6-7,9-10H,5,8H2,1-4H3;6-9H,5H2,1-4H3,(H,13,14,15);5,7-9H,6H2,1-4H3;6-9H,5H2,1-4H3;2*5,7-9H,6H2,1-4H3;2*5-8H,1-4H3,(H,13,14,15);8*1-2H3;1H4. The summed E-state index contributed by atoms with van der Waals surface area (Å²) in [6.07, 6.45) is 17.8. The van der Waals surface area contributed by atoms with Gasteiger partial charge in [0.05, 0.1) is 77.5 Å². The van der Waals surface area contributed by atoms with E-state index >= 15 is 0 Å². The fraction of sp³-hybridized carbons (Fsp3) is 0.625. The second-order valence-corrected chi connectivity index (χ2v) is 34.8. The van der Waals surface area contributed by atoms with Gasteiger partial charge in [0, 0.05) is 102 Å². The fourth-order valence-electron chi connectivity index (χ4n) is 9.12. The van der Waals surface area contributed by atoms with E-state index in [4.69, 9.17) is 0 Å². The monoisotopic (exact) mass is 1900 g/mol. The second-order valence-electron chi connectivity index (χ2n) is 34.8. The molecule has 0 aliphatic rings. The molecule has 0 saturated heterocycles. The number of nitrogens with one attached hydrogen (secondary N) is 3. The summed E-state index contributed by atoms with van der Waals surface area (Å²) in [5.41, 5.74) is 14.3. The van der Waals surface area contributed by atoms with E-state index in [9.17, 15) is 28.8 Å². The molecule has 776 valence electrons. The summed E-state index contributed by atoms with van der Waals surface area (Å²) in [5, 5.41) is 40.0. The van der Waals surface area contributed by atoms with Crippen LogP contribution in [-0.2, 0) is 60.9 Å². The molecule has 0 aliphatic carbocycles. The third kappa shape index (κ3) is 69.9. The van der Waals surface area contributed by atoms with E-state index in [0.717, 1.165) is 85.9 Å². The Hall–Kier alpha value is -10.5. The molecule has 0 bridgehead atoms. The van der Waals surface area contributed by atoms with Gasteiger partial charge in [0.1, 0.15) is 35.3 Å². The normalized spacial score (nSPS) is 9.96. The molecule has 8 heterocycles. The number of ketones is 4. The average Bonchev–Trinajstić information content (AvgIpc) is 0.921. The van der Waals surface area contributed by atoms with Crippen LogP contribution in [0, 0.1) is 47.3 Å². The van der Waals surface area contributed by atoms with Crippen molar-refractivity contribution in [1.29, 1.82) is 0 Å². The first-order valence-corrected chi connectivity index (χ1v) is 50.4. The number of carbonyl (C=O) groups is 6. The number of rotatable bonds is 30. The Labute approximate surface area is 836 Å². The molecule has 0 aliphatic heterocycles. The molecule has 0 radical (unpaired) electrons. The molecule has 0 saturated carbocycles. The van der Waals surface area contributed by atoms with Crippen LogP contribution in [0.4, 0.5) is 17.5 Å². The number of hydrogen-bond donors (Lipinski definition) is 3. The SMILES string of the molecule is C.C=C(Cc1nccc(C(C)C)n1)C(C)C.C=C(Nc1nccc(C(C)C)n1)C(C)C.CC.CC.CC.CC.CC.CC.CC.CC.CC(C)C(=O)Cc1cc(C(C)C)cnn1.CC(C)C(=O)Cc1cc(C(C)C)ncn1.CC(C)C(=O)Cc1cncc(C(C)C)n1.CC(C)C(=O)Cc1cnnc(C(C)C)c1.CC(C)C(=O)Nc1cc(C(C)C)cnn1.CC(C)C(=O)Nc1cnnc(C(C)C)c1. The predicted octanol–water partition coefficient (Wildman–Crippen LogP) is 29.2. The van der Waals surface area contributed by atoms with Gasteiger partial charge in [-0.25, -0.2) is 29.9 Å². The van der Waals surface area contributed by atoms with E-state index in [1.165, 1.54) is 11.9 Å². The molecule has 137 heavy (non-hydrogen) atoms. The van der Waals surface area contributed by atoms with Crippen LogP contribution in [0.15, 0.2) is 123 Å². The Morgan fingerprint density at radius 3 is 1.12 bits per heavy atom. The molecule has 0 fully saturated rings. The molecule has 8 rings (SSSR count). The maximum atomic E-state index is 11.5. The Bertz CT molecular complexity index is 3600. The molecule has 25 nitrogen and oxygen atoms in total. The maximum Gasteiger partial charge on any atom is 0.228 e. The van der Waals surface area contributed by atoms with Crippen LogP contribution >= 0.6 is 0 Å². The number of nitrogens with zero attached hydrogens (tertiary/aromatic N) is 16. The Balaban J connectivity index is -0.000000191. The predicted molar refractivity (Wildman–Crippen MR) is 583 cm³/mol. The van der Waals surface area contributed by atoms with E-state index in [1.54, 1.807) is 43.4 Å². The van der Waals surface area contributed by atoms with Gasteiger partial charge < -0.3 is 16.0 Å². The summed E-state index contributed by atoms with van der Waals surface area (Å²) >= 11 is 0. The molecular weight excluding hydrogens is 1710 g/mol. The topological polar surface area (TPSA) is 345 Å². The van der Waals surface area contributed by atoms with E-state index in [2.05, 4.69) is 234 Å². The van der Waals surface area contributed by atoms with Gasteiger partial charge in [0.15, 0.2) is 5.82 Å². The highest BCUT2D eigenvalue weighted by Crippen LogP contribution is 2.22. The van der Waals surface area contributed by atoms with Gasteiger partial charge in [-0.15, -0.1) is 5.10 Å². The van der Waals surface area contributed by atoms with Gasteiger partial charge in [-0.2, -0.15) is 35.7 Å². The van der Waals surface area contributed by atoms with Crippen molar-refractivity contribution in [2.24, 2.45) is 47.3 Å². The van der Waals surface area contributed by atoms with E-state index in [-0.39, 0.29) is 77.9 Å². The molecular formula is C112H197N19O6. The van der Waals surface area contributed by atoms with Crippen molar-refractivity contribution in [3.63, 3.8) is 0 Å². The number of amides is 2. The number of allylic oxidation sites excluding steroid dienone is 2. The zero-order valence-corrected chi connectivity index (χ0v) is 94.5. The number of carbonyl (C=O) groups excluding carboxylic acids is 6. The minimum absolute atomic E-state index is 0. The Morgan fingerprint density at radius 2 is 0.693 bits per heavy atom. The number of aromatic nitrogens is 16. The summed E-state index contributed by atoms with van der Waals surface area (Å²) in [6, 6.07) is 13.5. The summed E-state index contributed by atoms with van der Waals surface area (Å²) in [4.78, 5) is 103. The highest BCUT2D eigenvalue weighted by Gasteiger charge is 2.18. The van der Waals surface area contributed by atoms with Crippen molar-refractivity contribution in [3.05, 3.63) is 197 Å². The van der Waals surface area contributed by atoms with Crippen LogP contribution in [0.25, 0.3) is 0 Å². The number of anilines is 3. The summed E-state index contributed by atoms with van der Waals surface area (Å²) in [6.45, 7) is 104. The number of Topliss-reactive ketones (excluding diaryl/α,β-unsaturated/α-hetero) is 4. The van der Waals surface area contributed by atoms with E-state index < -0.39 is 0 Å². The van der Waals surface area contributed by atoms with Crippen molar-refractivity contribution in [3.8, 4) is 0 Å². The lowest BCUT2D eigenvalue weighted by atomic mass is 10.0. The zero-order chi connectivity index (χ0) is 107. The smallest absolute Gasteiger partial charge is 0.228 e. The summed E-state index contributed by atoms with van der Waals surface area (Å²) < 4.78 is 0. The van der Waals surface area contributed by atoms with Gasteiger partial charge in [-0.3, -0.25) is 38.7 Å². The van der Waals surface area contributed by atoms with E-state index in [0.29, 0.717) is 102 Å². The molecule has 8 aromatic heterocycles. The largest absolute Gasteiger partial charge is 0.328 e. The molecule has 0 atom stereocenters. The second kappa shape index (κ2) is 87.1. The third-order valence-corrected chi connectivity index (χ3v) is 18.3. The van der Waals surface area contributed by atoms with Crippen LogP contribution < -0.4 is 16.0 Å². The van der Waals surface area contributed by atoms with Gasteiger partial charge in [-0.1, -0.05) is 358 Å². The Kier molecular flexibility index (Phi) is 91.7. The van der Waals surface area contributed by atoms with Gasteiger partial charge in [-0.05, 0) is 118 Å². The van der Waals surface area contributed by atoms with Crippen molar-refractivity contribution < 1.29 is 28.8 Å². The van der Waals surface area contributed by atoms with Crippen LogP contribution in [-0.4, -0.2) is 116 Å². The van der Waals surface area contributed by atoms with E-state index in [1.807, 2.05) is 256 Å². The summed E-state index contributed by atoms with van der Waals surface area (Å²) in [5.74, 6) is 7.09. The van der Waals surface area contributed by atoms with Crippen molar-refractivity contribution in [2.75, 3.05) is 16.0 Å². The van der Waals surface area contributed by atoms with Crippen LogP contribution in [0.2, 0.25) is 0 Å². The van der Waals surface area contributed by atoms with Crippen LogP contribution in [0.3, 0.4) is 0 Å². The molecule has 3 N–H and O–H groups in total. The van der Waals surface area contributed by atoms with Crippen LogP contribution in [0.5, 0.6) is 0 Å². The quantitative estimate of drug-likeness (QED) is 0.0352. The Morgan fingerprint density at radius 1 is 0.299 bits per heavy atom. The molecule has 8 aromatic rings. The average molecular weight is 1910 g/mol. The molecule has 0 spiro atoms. The zero-order valence-electron chi connectivity index (χ0n) is 94.5. The van der Waals surface area contributed by atoms with Gasteiger partial charge in [0.2, 0.25) is 17.8 Å². The van der Waals surface area contributed by atoms with Gasteiger partial charge >= 0.3 is 0 Å². The first-order chi connectivity index (χ1) is 64.0. The maximum absolute atomic E-state index is 11.5. The third-order valence-electron chi connectivity index (χ3n) is 18.3. The molecule has 0 unspecified atom stereocenters. The first kappa shape index (κ1) is 144. The fourth-order valence-corrected chi connectivity index (χ4v) is 9.12. The van der Waals surface area contributed by atoms with Gasteiger partial charge in [0.25, 0.3) is 0 Å².